The zero-order valence-corrected chi connectivity index (χ0v) is 25.1. The predicted octanol–water partition coefficient (Wildman–Crippen LogP) is 7.07. The Labute approximate surface area is 222 Å². The van der Waals surface area contributed by atoms with Crippen molar-refractivity contribution < 1.29 is 24.5 Å². The molecule has 0 aliphatic rings. The monoisotopic (exact) mass is 528 g/mol. The molecular formula is C28H48O5S2. The highest BCUT2D eigenvalue weighted by Crippen LogP contribution is 2.34. The second-order valence-corrected chi connectivity index (χ2v) is 15.1. The molecule has 35 heavy (non-hydrogen) atoms. The molecule has 0 fully saturated rings. The Morgan fingerprint density at radius 3 is 1.69 bits per heavy atom. The van der Waals surface area contributed by atoms with Crippen molar-refractivity contribution in [3.05, 3.63) is 35.4 Å². The van der Waals surface area contributed by atoms with Crippen LogP contribution in [0.25, 0.3) is 0 Å². The number of aliphatic hydroxyl groups excluding tert-OH is 1. The van der Waals surface area contributed by atoms with Crippen molar-refractivity contribution in [2.24, 2.45) is 11.8 Å². The summed E-state index contributed by atoms with van der Waals surface area (Å²) < 4.78 is 5.68. The van der Waals surface area contributed by atoms with Crippen LogP contribution in [0.2, 0.25) is 0 Å². The summed E-state index contributed by atoms with van der Waals surface area (Å²) in [5.74, 6) is 0.896. The summed E-state index contributed by atoms with van der Waals surface area (Å²) in [4.78, 5) is 24.4. The second kappa shape index (κ2) is 15.3. The number of aliphatic hydroxyl groups is 1. The van der Waals surface area contributed by atoms with Crippen LogP contribution in [0.1, 0.15) is 96.4 Å². The fraction of sp³-hybridized carbons (Fsp3) is 0.714. The summed E-state index contributed by atoms with van der Waals surface area (Å²) in [6.07, 6.45) is 0.657. The third-order valence-corrected chi connectivity index (χ3v) is 7.73. The van der Waals surface area contributed by atoms with Gasteiger partial charge in [0.15, 0.2) is 5.78 Å². The minimum Gasteiger partial charge on any atom is -0.478 e. The van der Waals surface area contributed by atoms with Crippen LogP contribution in [-0.2, 0) is 4.74 Å². The molecule has 0 saturated carbocycles. The highest BCUT2D eigenvalue weighted by molar-refractivity contribution is 8.01. The van der Waals surface area contributed by atoms with E-state index in [1.54, 1.807) is 35.7 Å². The quantitative estimate of drug-likeness (QED) is 0.265. The van der Waals surface area contributed by atoms with Gasteiger partial charge in [0, 0.05) is 39.1 Å². The van der Waals surface area contributed by atoms with Gasteiger partial charge in [0.1, 0.15) is 0 Å². The molecular weight excluding hydrogens is 480 g/mol. The molecule has 1 atom stereocenters. The molecule has 2 N–H and O–H groups in total. The average molecular weight is 529 g/mol. The summed E-state index contributed by atoms with van der Waals surface area (Å²) in [5, 5.41) is 18.4. The average Bonchev–Trinajstić information content (AvgIpc) is 2.71. The van der Waals surface area contributed by atoms with Gasteiger partial charge >= 0.3 is 5.97 Å². The molecule has 0 bridgehead atoms. The number of hydrogen-bond donors (Lipinski definition) is 2. The van der Waals surface area contributed by atoms with Gasteiger partial charge in [-0.05, 0) is 59.1 Å². The lowest BCUT2D eigenvalue weighted by atomic mass is 10.00. The molecule has 0 heterocycles. The number of rotatable bonds is 13. The van der Waals surface area contributed by atoms with Crippen molar-refractivity contribution in [3.8, 4) is 0 Å². The van der Waals surface area contributed by atoms with Crippen LogP contribution in [-0.4, -0.2) is 61.8 Å². The fourth-order valence-corrected chi connectivity index (χ4v) is 5.01. The molecule has 0 aliphatic heterocycles. The molecule has 1 aromatic carbocycles. The second-order valence-electron chi connectivity index (χ2n) is 11.7. The van der Waals surface area contributed by atoms with Crippen LogP contribution in [0.15, 0.2) is 24.3 Å². The first-order chi connectivity index (χ1) is 15.9. The van der Waals surface area contributed by atoms with Crippen LogP contribution in [0.5, 0.6) is 0 Å². The predicted molar refractivity (Wildman–Crippen MR) is 152 cm³/mol. The van der Waals surface area contributed by atoms with E-state index < -0.39 is 5.97 Å². The Bertz CT molecular complexity index is 762. The maximum absolute atomic E-state index is 13.3. The smallest absolute Gasteiger partial charge is 0.335 e. The van der Waals surface area contributed by atoms with E-state index >= 15 is 0 Å². The fourth-order valence-electron chi connectivity index (χ4n) is 2.64. The summed E-state index contributed by atoms with van der Waals surface area (Å²) in [7, 11) is 0. The first-order valence-corrected chi connectivity index (χ1v) is 14.3. The number of carboxylic acid groups (broad SMARTS) is 1. The number of carbonyl (C=O) groups is 2. The van der Waals surface area contributed by atoms with E-state index in [1.165, 1.54) is 12.1 Å². The highest BCUT2D eigenvalue weighted by Gasteiger charge is 2.29. The lowest BCUT2D eigenvalue weighted by Crippen LogP contribution is -2.32. The third kappa shape index (κ3) is 16.4. The van der Waals surface area contributed by atoms with E-state index in [1.807, 2.05) is 20.8 Å². The van der Waals surface area contributed by atoms with Crippen molar-refractivity contribution >= 4 is 35.3 Å². The van der Waals surface area contributed by atoms with Crippen molar-refractivity contribution in [2.45, 2.75) is 90.8 Å². The number of Topliss-reactive ketones (excluding diaryl/α,β-unsaturated/α-hetero) is 1. The number of thioether (sulfide) groups is 2. The van der Waals surface area contributed by atoms with Gasteiger partial charge in [0.05, 0.1) is 17.8 Å². The Kier molecular flexibility index (Phi) is 14.8. The maximum Gasteiger partial charge on any atom is 0.335 e. The van der Waals surface area contributed by atoms with Gasteiger partial charge in [0.2, 0.25) is 0 Å². The Morgan fingerprint density at radius 1 is 0.857 bits per heavy atom. The largest absolute Gasteiger partial charge is 0.478 e. The highest BCUT2D eigenvalue weighted by atomic mass is 32.2. The van der Waals surface area contributed by atoms with Crippen LogP contribution in [0.4, 0.5) is 0 Å². The molecule has 1 aromatic rings. The van der Waals surface area contributed by atoms with Gasteiger partial charge < -0.3 is 14.9 Å². The summed E-state index contributed by atoms with van der Waals surface area (Å²) in [6, 6.07) is 6.15. The number of carbonyl (C=O) groups excluding carboxylic acids is 1. The summed E-state index contributed by atoms with van der Waals surface area (Å²) >= 11 is 3.41. The van der Waals surface area contributed by atoms with Crippen LogP contribution >= 0.6 is 23.5 Å². The van der Waals surface area contributed by atoms with Crippen molar-refractivity contribution in [3.63, 3.8) is 0 Å². The normalized spacial score (nSPS) is 13.3. The lowest BCUT2D eigenvalue weighted by molar-refractivity contribution is -0.0110. The van der Waals surface area contributed by atoms with E-state index in [0.717, 1.165) is 5.92 Å². The number of benzene rings is 1. The van der Waals surface area contributed by atoms with Crippen LogP contribution in [0.3, 0.4) is 0 Å². The van der Waals surface area contributed by atoms with E-state index in [9.17, 15) is 14.7 Å². The number of ether oxygens (including phenoxy) is 1. The molecule has 1 rings (SSSR count). The number of carboxylic acids is 1. The molecule has 5 nitrogen and oxygen atoms in total. The van der Waals surface area contributed by atoms with Crippen LogP contribution in [0, 0.1) is 11.8 Å². The van der Waals surface area contributed by atoms with Gasteiger partial charge in [-0.3, -0.25) is 4.79 Å². The lowest BCUT2D eigenvalue weighted by Gasteiger charge is -2.31. The number of aromatic carboxylic acids is 1. The van der Waals surface area contributed by atoms with E-state index in [-0.39, 0.29) is 39.0 Å². The Morgan fingerprint density at radius 2 is 1.29 bits per heavy atom. The topological polar surface area (TPSA) is 83.8 Å². The zero-order valence-electron chi connectivity index (χ0n) is 23.4. The molecule has 0 spiro atoms. The summed E-state index contributed by atoms with van der Waals surface area (Å²) in [5.41, 5.74) is 0.477. The Hall–Kier alpha value is -1.02. The van der Waals surface area contributed by atoms with Gasteiger partial charge in [0.25, 0.3) is 0 Å². The molecule has 0 radical (unpaired) electrons. The van der Waals surface area contributed by atoms with Gasteiger partial charge in [-0.25, -0.2) is 4.79 Å². The molecule has 0 saturated heterocycles. The molecule has 0 aliphatic carbocycles. The van der Waals surface area contributed by atoms with Crippen molar-refractivity contribution in [1.82, 2.24) is 0 Å². The molecule has 7 heteroatoms. The van der Waals surface area contributed by atoms with Crippen molar-refractivity contribution in [2.75, 3.05) is 24.7 Å². The van der Waals surface area contributed by atoms with E-state index in [4.69, 9.17) is 9.84 Å². The first-order valence-electron chi connectivity index (χ1n) is 12.3. The van der Waals surface area contributed by atoms with Crippen LogP contribution < -0.4 is 0 Å². The van der Waals surface area contributed by atoms with Gasteiger partial charge in [-0.2, -0.15) is 23.5 Å². The maximum atomic E-state index is 13.3. The van der Waals surface area contributed by atoms with Crippen molar-refractivity contribution in [1.29, 1.82) is 0 Å². The molecule has 0 amide bonds. The van der Waals surface area contributed by atoms with Gasteiger partial charge in [-0.15, -0.1) is 0 Å². The number of ketones is 1. The molecule has 1 unspecified atom stereocenters. The SMILES string of the molecule is CC(C)(C)OCC(C)(C)SCC(CSC(C)(C)CCO)C(=O)c1ccc(C(=O)O)cc1.CC(C)C. The minimum absolute atomic E-state index is 0.0178. The zero-order chi connectivity index (χ0) is 27.4. The summed E-state index contributed by atoms with van der Waals surface area (Å²) in [6.45, 7) is 21.7. The standard InChI is InChI=1S/C24H38O5S2.C4H10/c1-22(2,3)29-16-24(6,7)31-15-19(14-30-23(4,5)12-13-25)20(26)17-8-10-18(11-9-17)21(27)28;1-4(2)3/h8-11,19,25H,12-16H2,1-7H3,(H,27,28);4H,1-3H3. The van der Waals surface area contributed by atoms with E-state index in [2.05, 4.69) is 48.5 Å². The number of hydrogen-bond acceptors (Lipinski definition) is 6. The molecule has 0 aromatic heterocycles. The third-order valence-electron chi connectivity index (χ3n) is 4.70. The van der Waals surface area contributed by atoms with E-state index in [0.29, 0.717) is 30.1 Å². The molecule has 202 valence electrons. The van der Waals surface area contributed by atoms with Gasteiger partial charge in [-0.1, -0.05) is 46.8 Å². The Balaban J connectivity index is 0.00000267. The minimum atomic E-state index is -1.01. The first kappa shape index (κ1) is 34.0.